The number of hydrogen-bond acceptors (Lipinski definition) is 3. The van der Waals surface area contributed by atoms with Gasteiger partial charge in [0.05, 0.1) is 16.8 Å². The van der Waals surface area contributed by atoms with Crippen LogP contribution >= 0.6 is 0 Å². The molecular formula is C52H41N3. The van der Waals surface area contributed by atoms with Crippen molar-refractivity contribution in [1.82, 2.24) is 4.98 Å². The van der Waals surface area contributed by atoms with E-state index in [0.717, 1.165) is 45.9 Å². The second-order valence-electron chi connectivity index (χ2n) is 15.4. The monoisotopic (exact) mass is 707 g/mol. The summed E-state index contributed by atoms with van der Waals surface area (Å²) >= 11 is 0. The number of hydrogen-bond donors (Lipinski definition) is 0. The van der Waals surface area contributed by atoms with Crippen LogP contribution in [0.4, 0.5) is 0 Å². The van der Waals surface area contributed by atoms with Crippen molar-refractivity contribution in [3.8, 4) is 22.3 Å². The number of benzene rings is 6. The van der Waals surface area contributed by atoms with Crippen molar-refractivity contribution in [3.05, 3.63) is 226 Å². The fraction of sp³-hybridized carbons (Fsp3) is 0.135. The number of aromatic nitrogens is 1. The molecule has 1 aliphatic heterocycles. The van der Waals surface area contributed by atoms with E-state index in [0.29, 0.717) is 0 Å². The van der Waals surface area contributed by atoms with E-state index in [4.69, 9.17) is 9.98 Å². The van der Waals surface area contributed by atoms with E-state index in [-0.39, 0.29) is 11.3 Å². The van der Waals surface area contributed by atoms with Crippen LogP contribution in [0.25, 0.3) is 28.0 Å². The third-order valence-corrected chi connectivity index (χ3v) is 12.2. The number of allylic oxidation sites excluding steroid dienone is 1. The van der Waals surface area contributed by atoms with Gasteiger partial charge in [-0.1, -0.05) is 166 Å². The van der Waals surface area contributed by atoms with E-state index in [1.807, 2.05) is 24.5 Å². The van der Waals surface area contributed by atoms with E-state index in [2.05, 4.69) is 177 Å². The molecule has 3 heteroatoms. The number of rotatable bonds is 5. The maximum absolute atomic E-state index is 5.61. The van der Waals surface area contributed by atoms with Crippen molar-refractivity contribution in [1.29, 1.82) is 0 Å². The van der Waals surface area contributed by atoms with Crippen LogP contribution in [-0.4, -0.2) is 16.5 Å². The summed E-state index contributed by atoms with van der Waals surface area (Å²) in [6.45, 7) is 7.02. The summed E-state index contributed by atoms with van der Waals surface area (Å²) in [6, 6.07) is 57.6. The maximum atomic E-state index is 5.61. The molecule has 3 nitrogen and oxygen atoms in total. The Bertz CT molecular complexity index is 2650. The molecule has 1 unspecified atom stereocenters. The molecule has 0 fully saturated rings. The Morgan fingerprint density at radius 2 is 1.02 bits per heavy atom. The molecule has 0 bridgehead atoms. The molecule has 0 amide bonds. The van der Waals surface area contributed by atoms with Crippen LogP contribution in [0, 0.1) is 5.92 Å². The van der Waals surface area contributed by atoms with Crippen LogP contribution in [0.3, 0.4) is 0 Å². The molecule has 7 aromatic rings. The first-order valence-electron chi connectivity index (χ1n) is 19.4. The zero-order valence-corrected chi connectivity index (χ0v) is 31.4. The van der Waals surface area contributed by atoms with E-state index < -0.39 is 5.41 Å². The molecule has 6 aromatic carbocycles. The molecule has 55 heavy (non-hydrogen) atoms. The van der Waals surface area contributed by atoms with Crippen LogP contribution in [0.5, 0.6) is 0 Å². The topological polar surface area (TPSA) is 37.6 Å². The van der Waals surface area contributed by atoms with Gasteiger partial charge in [0.2, 0.25) is 0 Å². The van der Waals surface area contributed by atoms with Gasteiger partial charge < -0.3 is 0 Å². The van der Waals surface area contributed by atoms with Crippen molar-refractivity contribution in [2.24, 2.45) is 15.9 Å². The molecule has 1 spiro atoms. The molecule has 1 atom stereocenters. The zero-order chi connectivity index (χ0) is 37.1. The molecule has 10 rings (SSSR count). The van der Waals surface area contributed by atoms with Gasteiger partial charge in [-0.15, -0.1) is 0 Å². The van der Waals surface area contributed by atoms with Crippen molar-refractivity contribution < 1.29 is 0 Å². The van der Waals surface area contributed by atoms with E-state index in [1.54, 1.807) is 0 Å². The highest BCUT2D eigenvalue weighted by Gasteiger charge is 2.53. The van der Waals surface area contributed by atoms with Gasteiger partial charge in [-0.05, 0) is 85.8 Å². The lowest BCUT2D eigenvalue weighted by Crippen LogP contribution is -2.40. The number of amidine groups is 1. The first-order chi connectivity index (χ1) is 27.0. The minimum Gasteiger partial charge on any atom is -0.265 e. The lowest BCUT2D eigenvalue weighted by molar-refractivity contribution is 0.563. The largest absolute Gasteiger partial charge is 0.265 e. The van der Waals surface area contributed by atoms with Gasteiger partial charge in [0.25, 0.3) is 0 Å². The summed E-state index contributed by atoms with van der Waals surface area (Å²) in [7, 11) is 0. The third kappa shape index (κ3) is 4.99. The van der Waals surface area contributed by atoms with Crippen molar-refractivity contribution in [3.63, 3.8) is 0 Å². The summed E-state index contributed by atoms with van der Waals surface area (Å²) in [5.41, 5.74) is 17.6. The van der Waals surface area contributed by atoms with Gasteiger partial charge in [0.15, 0.2) is 5.84 Å². The van der Waals surface area contributed by atoms with Crippen molar-refractivity contribution in [2.45, 2.75) is 38.0 Å². The number of pyridine rings is 1. The molecule has 2 heterocycles. The molecule has 2 aliphatic carbocycles. The molecule has 0 saturated heterocycles. The summed E-state index contributed by atoms with van der Waals surface area (Å²) in [4.78, 5) is 15.2. The molecule has 3 aliphatic rings. The Morgan fingerprint density at radius 3 is 1.69 bits per heavy atom. The first kappa shape index (κ1) is 33.1. The van der Waals surface area contributed by atoms with Crippen LogP contribution < -0.4 is 0 Å². The Kier molecular flexibility index (Phi) is 7.74. The minimum absolute atomic E-state index is 0.0277. The summed E-state index contributed by atoms with van der Waals surface area (Å²) in [6.07, 6.45) is 6.90. The summed E-state index contributed by atoms with van der Waals surface area (Å²) in [5.74, 6) is 0.754. The van der Waals surface area contributed by atoms with Crippen LogP contribution in [0.15, 0.2) is 186 Å². The summed E-state index contributed by atoms with van der Waals surface area (Å²) < 4.78 is 0. The van der Waals surface area contributed by atoms with Gasteiger partial charge in [0.1, 0.15) is 0 Å². The highest BCUT2D eigenvalue weighted by molar-refractivity contribution is 6.19. The highest BCUT2D eigenvalue weighted by atomic mass is 14.9. The fourth-order valence-corrected chi connectivity index (χ4v) is 9.59. The Hall–Kier alpha value is -6.45. The Balaban J connectivity index is 1.21. The van der Waals surface area contributed by atoms with Crippen LogP contribution in [-0.2, 0) is 10.8 Å². The van der Waals surface area contributed by atoms with E-state index in [1.165, 1.54) is 50.1 Å². The van der Waals surface area contributed by atoms with E-state index >= 15 is 0 Å². The fourth-order valence-electron chi connectivity index (χ4n) is 9.59. The van der Waals surface area contributed by atoms with Crippen molar-refractivity contribution >= 4 is 17.2 Å². The molecule has 0 radical (unpaired) electrons. The lowest BCUT2D eigenvalue weighted by atomic mass is 9.55. The molecule has 0 saturated carbocycles. The third-order valence-electron chi connectivity index (χ3n) is 12.2. The summed E-state index contributed by atoms with van der Waals surface area (Å²) in [5, 5.41) is 0. The number of fused-ring (bicyclic) bond motifs is 9. The normalized spacial score (nSPS) is 17.1. The van der Waals surface area contributed by atoms with E-state index in [9.17, 15) is 0 Å². The van der Waals surface area contributed by atoms with Crippen LogP contribution in [0.1, 0.15) is 77.3 Å². The van der Waals surface area contributed by atoms with Gasteiger partial charge in [-0.25, -0.2) is 9.98 Å². The SMILES string of the molecule is CCC1C=C(c2ccc(-c3ccncc3)cc2)N=C(c2ccccc2)N=C1c1cccc2c1-c1ccccc1C21c2ccccc2C(C)(C)c2ccccc21. The second-order valence-corrected chi connectivity index (χ2v) is 15.4. The molecular weight excluding hydrogens is 667 g/mol. The van der Waals surface area contributed by atoms with Crippen molar-refractivity contribution in [2.75, 3.05) is 0 Å². The Morgan fingerprint density at radius 1 is 0.473 bits per heavy atom. The predicted octanol–water partition coefficient (Wildman–Crippen LogP) is 12.1. The molecule has 1 aromatic heterocycles. The number of aliphatic imine (C=N–C) groups is 2. The Labute approximate surface area is 323 Å². The minimum atomic E-state index is -0.467. The average molecular weight is 708 g/mol. The predicted molar refractivity (Wildman–Crippen MR) is 227 cm³/mol. The van der Waals surface area contributed by atoms with Gasteiger partial charge >= 0.3 is 0 Å². The van der Waals surface area contributed by atoms with Crippen LogP contribution in [0.2, 0.25) is 0 Å². The highest BCUT2D eigenvalue weighted by Crippen LogP contribution is 2.62. The van der Waals surface area contributed by atoms with Gasteiger partial charge in [-0.3, -0.25) is 4.98 Å². The molecule has 0 N–H and O–H groups in total. The van der Waals surface area contributed by atoms with Gasteiger partial charge in [-0.2, -0.15) is 0 Å². The second kappa shape index (κ2) is 12.8. The average Bonchev–Trinajstić information content (AvgIpc) is 3.40. The van der Waals surface area contributed by atoms with Gasteiger partial charge in [0, 0.05) is 34.9 Å². The number of nitrogens with zero attached hydrogens (tertiary/aromatic N) is 3. The first-order valence-corrected chi connectivity index (χ1v) is 19.4. The maximum Gasteiger partial charge on any atom is 0.160 e. The molecule has 264 valence electrons. The quantitative estimate of drug-likeness (QED) is 0.175. The smallest absolute Gasteiger partial charge is 0.160 e. The zero-order valence-electron chi connectivity index (χ0n) is 31.4. The lowest BCUT2D eigenvalue weighted by Gasteiger charge is -2.46. The standard InChI is InChI=1S/C52H41N3/c1-4-34-33-47(37-27-25-35(26-28-37)36-29-31-53-32-30-36)54-50(38-15-6-5-7-16-38)55-49(34)40-18-14-24-46-48(40)39-17-8-9-19-41(39)52(46)44-22-12-10-20-42(44)51(2,3)43-21-11-13-23-45(43)52/h5-34H,4H2,1-3H3.